The van der Waals surface area contributed by atoms with Gasteiger partial charge in [-0.3, -0.25) is 9.69 Å². The van der Waals surface area contributed by atoms with E-state index in [0.29, 0.717) is 26.1 Å². The van der Waals surface area contributed by atoms with Crippen LogP contribution in [0.2, 0.25) is 0 Å². The summed E-state index contributed by atoms with van der Waals surface area (Å²) in [6.45, 7) is 7.60. The highest BCUT2D eigenvalue weighted by Gasteiger charge is 2.36. The second-order valence-electron chi connectivity index (χ2n) is 8.38. The fraction of sp³-hybridized carbons (Fsp3) is 0.542. The average Bonchev–Trinajstić information content (AvgIpc) is 3.12. The zero-order valence-corrected chi connectivity index (χ0v) is 19.8. The summed E-state index contributed by atoms with van der Waals surface area (Å²) >= 11 is 0. The molecule has 0 bridgehead atoms. The fourth-order valence-corrected chi connectivity index (χ4v) is 5.99. The topological polar surface area (TPSA) is 66.9 Å². The van der Waals surface area contributed by atoms with E-state index in [2.05, 4.69) is 25.1 Å². The minimum Gasteiger partial charge on any atom is -0.493 e. The van der Waals surface area contributed by atoms with Gasteiger partial charge < -0.3 is 9.64 Å². The summed E-state index contributed by atoms with van der Waals surface area (Å²) in [4.78, 5) is 17.0. The van der Waals surface area contributed by atoms with Crippen LogP contribution < -0.4 is 4.74 Å². The van der Waals surface area contributed by atoms with E-state index in [-0.39, 0.29) is 29.5 Å². The van der Waals surface area contributed by atoms with Crippen LogP contribution in [0.25, 0.3) is 10.8 Å². The maximum absolute atomic E-state index is 13.3. The van der Waals surface area contributed by atoms with E-state index >= 15 is 0 Å². The number of carbonyl (C=O) groups excluding carboxylic acids is 1. The van der Waals surface area contributed by atoms with Crippen LogP contribution in [0, 0.1) is 0 Å². The SMILES string of the molecule is CCCOc1ccc2ccccc2c1CN(C)[C@@H](C)C(=O)N(CC)[C@@H]1CCS(=O)(=O)C1. The molecular weight excluding hydrogens is 412 g/mol. The lowest BCUT2D eigenvalue weighted by molar-refractivity contribution is -0.137. The summed E-state index contributed by atoms with van der Waals surface area (Å²) in [5.74, 6) is 1.06. The molecule has 2 atom stereocenters. The fourth-order valence-electron chi connectivity index (χ4n) is 4.26. The van der Waals surface area contributed by atoms with Gasteiger partial charge in [0.2, 0.25) is 5.91 Å². The molecule has 1 aliphatic rings. The van der Waals surface area contributed by atoms with E-state index in [0.717, 1.165) is 28.5 Å². The lowest BCUT2D eigenvalue weighted by Crippen LogP contribution is -2.50. The Kier molecular flexibility index (Phi) is 7.59. The molecule has 0 unspecified atom stereocenters. The minimum absolute atomic E-state index is 0.0247. The van der Waals surface area contributed by atoms with Crippen LogP contribution in [-0.4, -0.2) is 67.9 Å². The lowest BCUT2D eigenvalue weighted by atomic mass is 10.0. The third-order valence-electron chi connectivity index (χ3n) is 6.16. The molecule has 2 aromatic carbocycles. The van der Waals surface area contributed by atoms with Crippen molar-refractivity contribution in [3.63, 3.8) is 0 Å². The van der Waals surface area contributed by atoms with Crippen LogP contribution in [0.15, 0.2) is 36.4 Å². The second-order valence-corrected chi connectivity index (χ2v) is 10.6. The standard InChI is InChI=1S/C24H34N2O4S/c1-5-14-30-23-12-11-19-9-7-8-10-21(19)22(23)16-25(4)18(3)24(27)26(6-2)20-13-15-31(28,29)17-20/h7-12,18,20H,5-6,13-17H2,1-4H3/t18-,20+/m0/s1. The highest BCUT2D eigenvalue weighted by molar-refractivity contribution is 7.91. The van der Waals surface area contributed by atoms with Crippen molar-refractivity contribution in [3.8, 4) is 5.75 Å². The van der Waals surface area contributed by atoms with E-state index in [1.165, 1.54) is 0 Å². The number of rotatable bonds is 9. The average molecular weight is 447 g/mol. The molecule has 2 aromatic rings. The van der Waals surface area contributed by atoms with Gasteiger partial charge in [-0.1, -0.05) is 37.3 Å². The summed E-state index contributed by atoms with van der Waals surface area (Å²) < 4.78 is 29.8. The van der Waals surface area contributed by atoms with Crippen LogP contribution in [0.3, 0.4) is 0 Å². The van der Waals surface area contributed by atoms with Gasteiger partial charge >= 0.3 is 0 Å². The number of hydrogen-bond acceptors (Lipinski definition) is 5. The quantitative estimate of drug-likeness (QED) is 0.590. The summed E-state index contributed by atoms with van der Waals surface area (Å²) in [5, 5.41) is 2.26. The molecule has 170 valence electrons. The largest absolute Gasteiger partial charge is 0.493 e. The summed E-state index contributed by atoms with van der Waals surface area (Å²) in [7, 11) is -1.10. The van der Waals surface area contributed by atoms with Crippen molar-refractivity contribution in [2.45, 2.75) is 52.2 Å². The maximum Gasteiger partial charge on any atom is 0.239 e. The minimum atomic E-state index is -3.04. The van der Waals surface area contributed by atoms with Crippen molar-refractivity contribution < 1.29 is 17.9 Å². The van der Waals surface area contributed by atoms with Crippen molar-refractivity contribution in [2.75, 3.05) is 31.7 Å². The molecule has 0 aromatic heterocycles. The number of nitrogens with zero attached hydrogens (tertiary/aromatic N) is 2. The smallest absolute Gasteiger partial charge is 0.239 e. The van der Waals surface area contributed by atoms with Crippen molar-refractivity contribution in [1.82, 2.24) is 9.80 Å². The molecule has 6 nitrogen and oxygen atoms in total. The van der Waals surface area contributed by atoms with Gasteiger partial charge in [0.1, 0.15) is 5.75 Å². The third kappa shape index (κ3) is 5.39. The molecule has 0 N–H and O–H groups in total. The highest BCUT2D eigenvalue weighted by Crippen LogP contribution is 2.30. The first-order valence-corrected chi connectivity index (χ1v) is 12.9. The van der Waals surface area contributed by atoms with Crippen molar-refractivity contribution in [2.24, 2.45) is 0 Å². The number of likely N-dealkylation sites (N-methyl/N-ethyl adjacent to an activating group) is 2. The normalized spacial score (nSPS) is 18.9. The molecule has 1 heterocycles. The number of benzene rings is 2. The van der Waals surface area contributed by atoms with Gasteiger partial charge in [-0.05, 0) is 50.6 Å². The zero-order chi connectivity index (χ0) is 22.6. The van der Waals surface area contributed by atoms with E-state index < -0.39 is 9.84 Å². The van der Waals surface area contributed by atoms with Gasteiger partial charge in [-0.2, -0.15) is 0 Å². The Morgan fingerprint density at radius 3 is 2.58 bits per heavy atom. The summed E-state index contributed by atoms with van der Waals surface area (Å²) in [6, 6.07) is 11.7. The zero-order valence-electron chi connectivity index (χ0n) is 19.0. The Labute approximate surface area is 186 Å². The second kappa shape index (κ2) is 10.0. The molecule has 1 fully saturated rings. The molecule has 7 heteroatoms. The van der Waals surface area contributed by atoms with E-state index in [1.54, 1.807) is 4.90 Å². The predicted octanol–water partition coefficient (Wildman–Crippen LogP) is 3.48. The molecule has 0 saturated carbocycles. The van der Waals surface area contributed by atoms with Crippen molar-refractivity contribution in [1.29, 1.82) is 0 Å². The molecular formula is C24H34N2O4S. The first-order valence-electron chi connectivity index (χ1n) is 11.1. The van der Waals surface area contributed by atoms with Gasteiger partial charge in [0.25, 0.3) is 0 Å². The Hall–Kier alpha value is -2.12. The highest BCUT2D eigenvalue weighted by atomic mass is 32.2. The first kappa shape index (κ1) is 23.5. The van der Waals surface area contributed by atoms with Gasteiger partial charge in [0.15, 0.2) is 9.84 Å². The number of amides is 1. The molecule has 1 saturated heterocycles. The molecule has 1 amide bonds. The van der Waals surface area contributed by atoms with Gasteiger partial charge in [-0.15, -0.1) is 0 Å². The molecule has 0 radical (unpaired) electrons. The number of carbonyl (C=O) groups is 1. The van der Waals surface area contributed by atoms with Crippen molar-refractivity contribution >= 4 is 26.5 Å². The Bertz CT molecular complexity index is 1020. The van der Waals surface area contributed by atoms with Crippen LogP contribution >= 0.6 is 0 Å². The number of sulfone groups is 1. The molecule has 1 aliphatic heterocycles. The molecule has 0 spiro atoms. The number of fused-ring (bicyclic) bond motifs is 1. The van der Waals surface area contributed by atoms with Gasteiger partial charge in [0, 0.05) is 24.7 Å². The van der Waals surface area contributed by atoms with Crippen LogP contribution in [0.1, 0.15) is 39.2 Å². The first-order chi connectivity index (χ1) is 14.8. The van der Waals surface area contributed by atoms with Crippen LogP contribution in [0.5, 0.6) is 5.75 Å². The Morgan fingerprint density at radius 1 is 1.19 bits per heavy atom. The van der Waals surface area contributed by atoms with E-state index in [1.807, 2.05) is 44.0 Å². The molecule has 31 heavy (non-hydrogen) atoms. The third-order valence-corrected chi connectivity index (χ3v) is 7.91. The number of ether oxygens (including phenoxy) is 1. The molecule has 0 aliphatic carbocycles. The Balaban J connectivity index is 1.82. The summed E-state index contributed by atoms with van der Waals surface area (Å²) in [6.07, 6.45) is 1.45. The molecule has 3 rings (SSSR count). The van der Waals surface area contributed by atoms with Gasteiger partial charge in [-0.25, -0.2) is 8.42 Å². The van der Waals surface area contributed by atoms with Gasteiger partial charge in [0.05, 0.1) is 24.2 Å². The Morgan fingerprint density at radius 2 is 1.94 bits per heavy atom. The van der Waals surface area contributed by atoms with E-state index in [9.17, 15) is 13.2 Å². The predicted molar refractivity (Wildman–Crippen MR) is 125 cm³/mol. The van der Waals surface area contributed by atoms with Crippen LogP contribution in [-0.2, 0) is 21.2 Å². The lowest BCUT2D eigenvalue weighted by Gasteiger charge is -2.33. The summed E-state index contributed by atoms with van der Waals surface area (Å²) in [5.41, 5.74) is 1.07. The van der Waals surface area contributed by atoms with Crippen LogP contribution in [0.4, 0.5) is 0 Å². The van der Waals surface area contributed by atoms with Crippen molar-refractivity contribution in [3.05, 3.63) is 42.0 Å². The maximum atomic E-state index is 13.3. The monoisotopic (exact) mass is 446 g/mol. The van der Waals surface area contributed by atoms with E-state index in [4.69, 9.17) is 4.74 Å². The number of hydrogen-bond donors (Lipinski definition) is 0.